The summed E-state index contributed by atoms with van der Waals surface area (Å²) in [4.78, 5) is 24.3. The average molecular weight is 414 g/mol. The Kier molecular flexibility index (Phi) is 5.64. The van der Waals surface area contributed by atoms with Gasteiger partial charge < -0.3 is 20.7 Å². The Morgan fingerprint density at radius 2 is 1.82 bits per heavy atom. The summed E-state index contributed by atoms with van der Waals surface area (Å²) in [6, 6.07) is 11.2. The van der Waals surface area contributed by atoms with Crippen molar-refractivity contribution in [3.8, 4) is 5.75 Å². The van der Waals surface area contributed by atoms with Crippen LogP contribution >= 0.6 is 11.6 Å². The summed E-state index contributed by atoms with van der Waals surface area (Å²) in [7, 11) is 0. The predicted molar refractivity (Wildman–Crippen MR) is 98.5 cm³/mol. The van der Waals surface area contributed by atoms with Crippen molar-refractivity contribution in [1.82, 2.24) is 0 Å². The molecule has 0 aromatic heterocycles. The highest BCUT2D eigenvalue weighted by atomic mass is 35.5. The number of amides is 2. The minimum atomic E-state index is -4.18. The third-order valence-electron chi connectivity index (χ3n) is 3.87. The molecule has 0 bridgehead atoms. The highest BCUT2D eigenvalue weighted by Crippen LogP contribution is 2.30. The zero-order chi connectivity index (χ0) is 20.3. The van der Waals surface area contributed by atoms with Gasteiger partial charge in [-0.15, -0.1) is 0 Å². The van der Waals surface area contributed by atoms with Crippen LogP contribution in [-0.2, 0) is 9.59 Å². The number of anilines is 3. The molecule has 1 aliphatic rings. The Balaban J connectivity index is 1.57. The molecule has 0 radical (unpaired) electrons. The Labute approximate surface area is 163 Å². The number of ether oxygens (including phenoxy) is 1. The fourth-order valence-electron chi connectivity index (χ4n) is 2.54. The lowest BCUT2D eigenvalue weighted by atomic mass is 10.1. The number of carbonyl (C=O) groups excluding carboxylic acids is 2. The number of rotatable bonds is 6. The molecule has 6 nitrogen and oxygen atoms in total. The third kappa shape index (κ3) is 4.66. The molecule has 28 heavy (non-hydrogen) atoms. The second-order valence-corrected chi connectivity index (χ2v) is 6.36. The molecule has 1 aliphatic heterocycles. The summed E-state index contributed by atoms with van der Waals surface area (Å²) in [5.74, 6) is -1.13. The fraction of sp³-hybridized carbons (Fsp3) is 0.222. The number of alkyl halides is 4. The van der Waals surface area contributed by atoms with Crippen LogP contribution in [0.1, 0.15) is 6.42 Å². The molecule has 2 aromatic carbocycles. The Bertz CT molecular complexity index is 878. The van der Waals surface area contributed by atoms with E-state index in [-0.39, 0.29) is 18.1 Å². The maximum absolute atomic E-state index is 13.1. The van der Waals surface area contributed by atoms with Gasteiger partial charge in [-0.05, 0) is 36.4 Å². The van der Waals surface area contributed by atoms with E-state index < -0.39 is 23.7 Å². The molecule has 2 amide bonds. The van der Waals surface area contributed by atoms with Crippen molar-refractivity contribution in [3.05, 3.63) is 48.5 Å². The molecule has 2 aromatic rings. The third-order valence-corrected chi connectivity index (χ3v) is 4.12. The van der Waals surface area contributed by atoms with E-state index in [2.05, 4.69) is 20.7 Å². The van der Waals surface area contributed by atoms with Gasteiger partial charge in [0.15, 0.2) is 0 Å². The monoisotopic (exact) mass is 413 g/mol. The lowest BCUT2D eigenvalue weighted by Crippen LogP contribution is -2.41. The number of para-hydroxylation sites is 2. The number of hydrogen-bond acceptors (Lipinski definition) is 4. The van der Waals surface area contributed by atoms with Crippen LogP contribution in [0, 0.1) is 0 Å². The molecule has 0 saturated heterocycles. The maximum atomic E-state index is 13.1. The van der Waals surface area contributed by atoms with Gasteiger partial charge in [-0.25, -0.2) is 4.39 Å². The largest absolute Gasteiger partial charge is 0.444 e. The standard InChI is InChI=1S/C18H15ClF3N3O3/c19-17(20)18(21,22)28-11-7-5-10(6-8-11)23-15(26)9-14-16(27)25-13-4-2-1-3-12(13)24-14/h1-8,14,17,24H,9H2,(H,23,26)(H,25,27)/t14-,17+/m1/s1. The Hall–Kier alpha value is -2.94. The predicted octanol–water partition coefficient (Wildman–Crippen LogP) is 3.95. The Morgan fingerprint density at radius 1 is 1.18 bits per heavy atom. The van der Waals surface area contributed by atoms with E-state index in [0.29, 0.717) is 17.1 Å². The van der Waals surface area contributed by atoms with E-state index >= 15 is 0 Å². The van der Waals surface area contributed by atoms with Crippen LogP contribution in [0.25, 0.3) is 0 Å². The van der Waals surface area contributed by atoms with Crippen molar-refractivity contribution in [2.75, 3.05) is 16.0 Å². The number of fused-ring (bicyclic) bond motifs is 1. The van der Waals surface area contributed by atoms with Gasteiger partial charge in [-0.3, -0.25) is 9.59 Å². The van der Waals surface area contributed by atoms with Crippen molar-refractivity contribution in [2.45, 2.75) is 24.2 Å². The van der Waals surface area contributed by atoms with Gasteiger partial charge in [0, 0.05) is 5.69 Å². The second-order valence-electron chi connectivity index (χ2n) is 5.97. The maximum Gasteiger partial charge on any atom is 0.444 e. The normalized spacial score (nSPS) is 17.0. The van der Waals surface area contributed by atoms with Crippen molar-refractivity contribution >= 4 is 40.5 Å². The van der Waals surface area contributed by atoms with Crippen molar-refractivity contribution in [3.63, 3.8) is 0 Å². The van der Waals surface area contributed by atoms with Crippen LogP contribution in [0.2, 0.25) is 0 Å². The number of hydrogen-bond donors (Lipinski definition) is 3. The molecule has 10 heteroatoms. The Morgan fingerprint density at radius 3 is 2.46 bits per heavy atom. The van der Waals surface area contributed by atoms with Crippen LogP contribution < -0.4 is 20.7 Å². The van der Waals surface area contributed by atoms with Crippen molar-refractivity contribution in [2.24, 2.45) is 0 Å². The molecule has 0 saturated carbocycles. The summed E-state index contributed by atoms with van der Waals surface area (Å²) in [6.07, 6.45) is -4.32. The van der Waals surface area contributed by atoms with Crippen LogP contribution in [0.15, 0.2) is 48.5 Å². The smallest absolute Gasteiger partial charge is 0.429 e. The highest BCUT2D eigenvalue weighted by Gasteiger charge is 2.42. The van der Waals surface area contributed by atoms with Crippen LogP contribution in [-0.4, -0.2) is 29.6 Å². The van der Waals surface area contributed by atoms with E-state index in [1.54, 1.807) is 24.3 Å². The summed E-state index contributed by atoms with van der Waals surface area (Å²) in [6.45, 7) is 0. The zero-order valence-electron chi connectivity index (χ0n) is 14.2. The molecule has 0 aliphatic carbocycles. The van der Waals surface area contributed by atoms with E-state index in [1.165, 1.54) is 12.1 Å². The van der Waals surface area contributed by atoms with Gasteiger partial charge in [0.2, 0.25) is 11.8 Å². The van der Waals surface area contributed by atoms with Gasteiger partial charge in [0.05, 0.1) is 17.8 Å². The summed E-state index contributed by atoms with van der Waals surface area (Å²) < 4.78 is 42.9. The van der Waals surface area contributed by atoms with E-state index in [4.69, 9.17) is 11.6 Å². The van der Waals surface area contributed by atoms with Gasteiger partial charge in [-0.1, -0.05) is 23.7 Å². The molecule has 148 valence electrons. The van der Waals surface area contributed by atoms with Gasteiger partial charge in [0.1, 0.15) is 11.8 Å². The molecule has 3 rings (SSSR count). The van der Waals surface area contributed by atoms with Gasteiger partial charge in [-0.2, -0.15) is 8.78 Å². The first-order chi connectivity index (χ1) is 13.2. The van der Waals surface area contributed by atoms with Crippen LogP contribution in [0.4, 0.5) is 30.2 Å². The lowest BCUT2D eigenvalue weighted by molar-refractivity contribution is -0.199. The zero-order valence-corrected chi connectivity index (χ0v) is 15.0. The minimum Gasteiger partial charge on any atom is -0.429 e. The first kappa shape index (κ1) is 19.8. The molecule has 0 spiro atoms. The molecule has 3 N–H and O–H groups in total. The number of benzene rings is 2. The van der Waals surface area contributed by atoms with Gasteiger partial charge in [0.25, 0.3) is 5.63 Å². The molecular formula is C18H15ClF3N3O3. The second kappa shape index (κ2) is 7.97. The summed E-state index contributed by atoms with van der Waals surface area (Å²) in [5.41, 5.74) is -1.37. The molecule has 0 unspecified atom stereocenters. The number of carbonyl (C=O) groups is 2. The van der Waals surface area contributed by atoms with Crippen molar-refractivity contribution in [1.29, 1.82) is 0 Å². The van der Waals surface area contributed by atoms with E-state index in [1.807, 2.05) is 0 Å². The number of halogens is 4. The molecule has 1 heterocycles. The topological polar surface area (TPSA) is 79.5 Å². The fourth-order valence-corrected chi connectivity index (χ4v) is 2.58. The number of nitrogens with one attached hydrogen (secondary N) is 3. The first-order valence-electron chi connectivity index (χ1n) is 8.16. The summed E-state index contributed by atoms with van der Waals surface area (Å²) in [5, 5.41) is 8.24. The minimum absolute atomic E-state index is 0.147. The average Bonchev–Trinajstić information content (AvgIpc) is 2.63. The SMILES string of the molecule is O=C(C[C@H]1Nc2ccccc2NC1=O)Nc1ccc(OC(F)(F)[C@H](F)Cl)cc1. The molecule has 0 fully saturated rings. The molecule has 2 atom stereocenters. The first-order valence-corrected chi connectivity index (χ1v) is 8.59. The van der Waals surface area contributed by atoms with Crippen LogP contribution in [0.3, 0.4) is 0 Å². The van der Waals surface area contributed by atoms with Crippen LogP contribution in [0.5, 0.6) is 5.75 Å². The highest BCUT2D eigenvalue weighted by molar-refractivity contribution is 6.20. The van der Waals surface area contributed by atoms with Gasteiger partial charge >= 0.3 is 6.11 Å². The lowest BCUT2D eigenvalue weighted by Gasteiger charge is -2.26. The summed E-state index contributed by atoms with van der Waals surface area (Å²) >= 11 is 4.72. The van der Waals surface area contributed by atoms with Crippen molar-refractivity contribution < 1.29 is 27.5 Å². The quantitative estimate of drug-likeness (QED) is 0.626. The van der Waals surface area contributed by atoms with E-state index in [9.17, 15) is 22.8 Å². The van der Waals surface area contributed by atoms with E-state index in [0.717, 1.165) is 12.1 Å². The molecular weight excluding hydrogens is 399 g/mol.